The molecule has 0 spiro atoms. The van der Waals surface area contributed by atoms with Crippen LogP contribution >= 0.6 is 0 Å². The molecule has 2 aromatic carbocycles. The molecule has 1 aliphatic heterocycles. The Kier molecular flexibility index (Phi) is 6.27. The van der Waals surface area contributed by atoms with Crippen molar-refractivity contribution in [1.29, 1.82) is 0 Å². The van der Waals surface area contributed by atoms with E-state index in [0.717, 1.165) is 51.4 Å². The van der Waals surface area contributed by atoms with E-state index in [9.17, 15) is 0 Å². The average molecular weight is 325 g/mol. The van der Waals surface area contributed by atoms with E-state index >= 15 is 0 Å². The Morgan fingerprint density at radius 2 is 1.79 bits per heavy atom. The molecule has 3 rings (SSSR count). The number of ether oxygens (including phenoxy) is 2. The normalized spacial score (nSPS) is 15.4. The number of morpholine rings is 1. The summed E-state index contributed by atoms with van der Waals surface area (Å²) in [4.78, 5) is 2.49. The Balaban J connectivity index is 1.68. The van der Waals surface area contributed by atoms with Crippen LogP contribution in [0.5, 0.6) is 5.75 Å². The van der Waals surface area contributed by atoms with Gasteiger partial charge in [-0.1, -0.05) is 36.4 Å². The molecule has 0 aromatic heterocycles. The first-order valence-electron chi connectivity index (χ1n) is 8.98. The van der Waals surface area contributed by atoms with Gasteiger partial charge in [0, 0.05) is 13.1 Å². The summed E-state index contributed by atoms with van der Waals surface area (Å²) in [5, 5.41) is 0. The van der Waals surface area contributed by atoms with Crippen LogP contribution in [-0.2, 0) is 11.2 Å². The molecule has 2 aromatic rings. The number of hydrogen-bond donors (Lipinski definition) is 0. The molecule has 0 bridgehead atoms. The molecule has 128 valence electrons. The minimum Gasteiger partial charge on any atom is -0.494 e. The van der Waals surface area contributed by atoms with E-state index in [1.807, 2.05) is 6.92 Å². The van der Waals surface area contributed by atoms with Crippen LogP contribution in [0, 0.1) is 0 Å². The molecule has 0 N–H and O–H groups in total. The van der Waals surface area contributed by atoms with Crippen molar-refractivity contribution in [2.24, 2.45) is 0 Å². The largest absolute Gasteiger partial charge is 0.494 e. The van der Waals surface area contributed by atoms with Gasteiger partial charge >= 0.3 is 0 Å². The van der Waals surface area contributed by atoms with Crippen LogP contribution in [0.3, 0.4) is 0 Å². The predicted octanol–water partition coefficient (Wildman–Crippen LogP) is 4.02. The summed E-state index contributed by atoms with van der Waals surface area (Å²) in [7, 11) is 0. The SMILES string of the molecule is CCOc1ccc(-c2ccccc2)cc1CCCN1CCOCC1. The average Bonchev–Trinajstić information content (AvgIpc) is 2.65. The van der Waals surface area contributed by atoms with Gasteiger partial charge in [0.25, 0.3) is 0 Å². The minimum absolute atomic E-state index is 0.709. The fourth-order valence-corrected chi connectivity index (χ4v) is 3.20. The zero-order valence-corrected chi connectivity index (χ0v) is 14.5. The highest BCUT2D eigenvalue weighted by Gasteiger charge is 2.11. The third-order valence-corrected chi connectivity index (χ3v) is 4.49. The van der Waals surface area contributed by atoms with Gasteiger partial charge < -0.3 is 9.47 Å². The highest BCUT2D eigenvalue weighted by molar-refractivity contribution is 5.65. The van der Waals surface area contributed by atoms with Crippen molar-refractivity contribution in [2.75, 3.05) is 39.5 Å². The summed E-state index contributed by atoms with van der Waals surface area (Å²) in [6.45, 7) is 7.74. The minimum atomic E-state index is 0.709. The quantitative estimate of drug-likeness (QED) is 0.767. The van der Waals surface area contributed by atoms with E-state index < -0.39 is 0 Å². The lowest BCUT2D eigenvalue weighted by Crippen LogP contribution is -2.36. The molecule has 1 fully saturated rings. The molecule has 0 radical (unpaired) electrons. The van der Waals surface area contributed by atoms with Crippen molar-refractivity contribution >= 4 is 0 Å². The maximum atomic E-state index is 5.84. The topological polar surface area (TPSA) is 21.7 Å². The van der Waals surface area contributed by atoms with Gasteiger partial charge in [-0.25, -0.2) is 0 Å². The number of nitrogens with zero attached hydrogens (tertiary/aromatic N) is 1. The van der Waals surface area contributed by atoms with Crippen molar-refractivity contribution < 1.29 is 9.47 Å². The van der Waals surface area contributed by atoms with Crippen molar-refractivity contribution in [1.82, 2.24) is 4.90 Å². The Hall–Kier alpha value is -1.84. The standard InChI is InChI=1S/C21H27NO2/c1-2-24-21-11-10-19(18-7-4-3-5-8-18)17-20(21)9-6-12-22-13-15-23-16-14-22/h3-5,7-8,10-11,17H,2,6,9,12-16H2,1H3. The van der Waals surface area contributed by atoms with Gasteiger partial charge in [0.1, 0.15) is 5.75 Å². The Labute approximate surface area is 145 Å². The fourth-order valence-electron chi connectivity index (χ4n) is 3.20. The van der Waals surface area contributed by atoms with Crippen LogP contribution in [0.4, 0.5) is 0 Å². The van der Waals surface area contributed by atoms with E-state index in [-0.39, 0.29) is 0 Å². The summed E-state index contributed by atoms with van der Waals surface area (Å²) in [5.41, 5.74) is 3.84. The van der Waals surface area contributed by atoms with E-state index in [0.29, 0.717) is 6.61 Å². The lowest BCUT2D eigenvalue weighted by atomic mass is 10.00. The van der Waals surface area contributed by atoms with E-state index in [1.54, 1.807) is 0 Å². The molecular weight excluding hydrogens is 298 g/mol. The Bertz CT molecular complexity index is 621. The molecular formula is C21H27NO2. The number of hydrogen-bond acceptors (Lipinski definition) is 3. The third-order valence-electron chi connectivity index (χ3n) is 4.49. The summed E-state index contributed by atoms with van der Waals surface area (Å²) < 4.78 is 11.3. The first-order valence-corrected chi connectivity index (χ1v) is 8.98. The molecule has 3 heteroatoms. The first-order chi connectivity index (χ1) is 11.9. The Morgan fingerprint density at radius 3 is 2.54 bits per heavy atom. The summed E-state index contributed by atoms with van der Waals surface area (Å²) >= 11 is 0. The van der Waals surface area contributed by atoms with Crippen molar-refractivity contribution in [3.8, 4) is 16.9 Å². The van der Waals surface area contributed by atoms with E-state index in [4.69, 9.17) is 9.47 Å². The molecule has 0 unspecified atom stereocenters. The lowest BCUT2D eigenvalue weighted by molar-refractivity contribution is 0.0374. The lowest BCUT2D eigenvalue weighted by Gasteiger charge is -2.26. The molecule has 0 amide bonds. The van der Waals surface area contributed by atoms with Crippen molar-refractivity contribution in [3.63, 3.8) is 0 Å². The zero-order valence-electron chi connectivity index (χ0n) is 14.5. The summed E-state index contributed by atoms with van der Waals surface area (Å²) in [6.07, 6.45) is 2.20. The van der Waals surface area contributed by atoms with Crippen LogP contribution in [0.15, 0.2) is 48.5 Å². The second-order valence-corrected chi connectivity index (χ2v) is 6.18. The van der Waals surface area contributed by atoms with Crippen LogP contribution < -0.4 is 4.74 Å². The molecule has 1 aliphatic rings. The van der Waals surface area contributed by atoms with Crippen LogP contribution in [0.25, 0.3) is 11.1 Å². The molecule has 1 saturated heterocycles. The van der Waals surface area contributed by atoms with Crippen molar-refractivity contribution in [3.05, 3.63) is 54.1 Å². The van der Waals surface area contributed by atoms with Crippen LogP contribution in [0.2, 0.25) is 0 Å². The smallest absolute Gasteiger partial charge is 0.122 e. The summed E-state index contributed by atoms with van der Waals surface area (Å²) in [6, 6.07) is 17.1. The maximum Gasteiger partial charge on any atom is 0.122 e. The van der Waals surface area contributed by atoms with Gasteiger partial charge in [-0.05, 0) is 55.1 Å². The van der Waals surface area contributed by atoms with Gasteiger partial charge in [0.2, 0.25) is 0 Å². The molecule has 3 nitrogen and oxygen atoms in total. The number of rotatable bonds is 7. The second kappa shape index (κ2) is 8.86. The molecule has 0 atom stereocenters. The number of benzene rings is 2. The Morgan fingerprint density at radius 1 is 1.00 bits per heavy atom. The highest BCUT2D eigenvalue weighted by atomic mass is 16.5. The monoisotopic (exact) mass is 325 g/mol. The van der Waals surface area contributed by atoms with Crippen molar-refractivity contribution in [2.45, 2.75) is 19.8 Å². The van der Waals surface area contributed by atoms with E-state index in [1.165, 1.54) is 16.7 Å². The molecule has 1 heterocycles. The van der Waals surface area contributed by atoms with Gasteiger partial charge in [-0.15, -0.1) is 0 Å². The first kappa shape index (κ1) is 17.0. The van der Waals surface area contributed by atoms with Crippen LogP contribution in [0.1, 0.15) is 18.9 Å². The van der Waals surface area contributed by atoms with Gasteiger partial charge in [-0.3, -0.25) is 4.90 Å². The fraction of sp³-hybridized carbons (Fsp3) is 0.429. The molecule has 24 heavy (non-hydrogen) atoms. The summed E-state index contributed by atoms with van der Waals surface area (Å²) in [5.74, 6) is 1.03. The van der Waals surface area contributed by atoms with Gasteiger partial charge in [0.05, 0.1) is 19.8 Å². The zero-order chi connectivity index (χ0) is 16.6. The maximum absolute atomic E-state index is 5.84. The van der Waals surface area contributed by atoms with E-state index in [2.05, 4.69) is 53.4 Å². The van der Waals surface area contributed by atoms with Gasteiger partial charge in [-0.2, -0.15) is 0 Å². The third kappa shape index (κ3) is 4.59. The number of aryl methyl sites for hydroxylation is 1. The molecule has 0 aliphatic carbocycles. The second-order valence-electron chi connectivity index (χ2n) is 6.18. The van der Waals surface area contributed by atoms with Crippen LogP contribution in [-0.4, -0.2) is 44.4 Å². The predicted molar refractivity (Wildman–Crippen MR) is 98.6 cm³/mol. The molecule has 0 saturated carbocycles. The van der Waals surface area contributed by atoms with Gasteiger partial charge in [0.15, 0.2) is 0 Å². The highest BCUT2D eigenvalue weighted by Crippen LogP contribution is 2.28.